The molecule has 0 aromatic heterocycles. The van der Waals surface area contributed by atoms with E-state index in [-0.39, 0.29) is 11.3 Å². The largest absolute Gasteiger partial charge is 0.444 e. The monoisotopic (exact) mass is 291 g/mol. The van der Waals surface area contributed by atoms with Crippen LogP contribution in [0, 0.1) is 5.92 Å². The topological polar surface area (TPSA) is 58.6 Å². The van der Waals surface area contributed by atoms with Gasteiger partial charge >= 0.3 is 6.09 Å². The molecule has 2 rings (SSSR count). The Hall–Kier alpha value is -1.55. The molecule has 0 saturated heterocycles. The molecule has 1 saturated carbocycles. The van der Waals surface area contributed by atoms with E-state index in [1.165, 1.54) is 0 Å². The maximum absolute atomic E-state index is 11.7. The third-order valence-electron chi connectivity index (χ3n) is 4.10. The van der Waals surface area contributed by atoms with Crippen LogP contribution in [0.4, 0.5) is 4.79 Å². The Balaban J connectivity index is 1.96. The van der Waals surface area contributed by atoms with Crippen molar-refractivity contribution in [3.63, 3.8) is 0 Å². The Morgan fingerprint density at radius 2 is 2.05 bits per heavy atom. The van der Waals surface area contributed by atoms with Gasteiger partial charge in [-0.25, -0.2) is 4.79 Å². The number of amides is 1. The average Bonchev–Trinajstić information content (AvgIpc) is 3.11. The second-order valence-electron chi connectivity index (χ2n) is 6.87. The van der Waals surface area contributed by atoms with Crippen LogP contribution in [-0.4, -0.2) is 29.4 Å². The maximum Gasteiger partial charge on any atom is 0.407 e. The van der Waals surface area contributed by atoms with Gasteiger partial charge in [0.15, 0.2) is 0 Å². The molecule has 2 N–H and O–H groups in total. The molecule has 1 aliphatic rings. The molecule has 116 valence electrons. The van der Waals surface area contributed by atoms with Crippen LogP contribution in [0.15, 0.2) is 30.3 Å². The van der Waals surface area contributed by atoms with Gasteiger partial charge in [-0.15, -0.1) is 0 Å². The van der Waals surface area contributed by atoms with Crippen molar-refractivity contribution in [2.24, 2.45) is 5.92 Å². The van der Waals surface area contributed by atoms with Gasteiger partial charge in [0, 0.05) is 12.0 Å². The fraction of sp³-hybridized carbons (Fsp3) is 0.588. The van der Waals surface area contributed by atoms with Crippen molar-refractivity contribution < 1.29 is 14.6 Å². The second kappa shape index (κ2) is 5.68. The Morgan fingerprint density at radius 1 is 1.43 bits per heavy atom. The van der Waals surface area contributed by atoms with Gasteiger partial charge in [-0.3, -0.25) is 0 Å². The molecule has 0 radical (unpaired) electrons. The minimum atomic E-state index is -0.492. The highest BCUT2D eigenvalue weighted by atomic mass is 16.6. The number of alkyl carbamates (subject to hydrolysis) is 1. The smallest absolute Gasteiger partial charge is 0.407 e. The third-order valence-corrected chi connectivity index (χ3v) is 4.10. The Kier molecular flexibility index (Phi) is 4.28. The van der Waals surface area contributed by atoms with Crippen LogP contribution in [0.5, 0.6) is 0 Å². The highest BCUT2D eigenvalue weighted by Crippen LogP contribution is 2.56. The van der Waals surface area contributed by atoms with Gasteiger partial charge in [0.05, 0.1) is 6.10 Å². The van der Waals surface area contributed by atoms with E-state index in [2.05, 4.69) is 5.32 Å². The first-order valence-electron chi connectivity index (χ1n) is 7.46. The van der Waals surface area contributed by atoms with Gasteiger partial charge < -0.3 is 15.2 Å². The number of carbonyl (C=O) groups excluding carboxylic acids is 1. The zero-order valence-electron chi connectivity index (χ0n) is 13.2. The van der Waals surface area contributed by atoms with E-state index in [0.717, 1.165) is 12.0 Å². The summed E-state index contributed by atoms with van der Waals surface area (Å²) in [7, 11) is 0. The summed E-state index contributed by atoms with van der Waals surface area (Å²) in [5, 5.41) is 13.0. The lowest BCUT2D eigenvalue weighted by Gasteiger charge is -2.23. The van der Waals surface area contributed by atoms with Crippen LogP contribution < -0.4 is 5.32 Å². The van der Waals surface area contributed by atoms with Crippen LogP contribution in [0.3, 0.4) is 0 Å². The Bertz CT molecular complexity index is 493. The van der Waals surface area contributed by atoms with Crippen molar-refractivity contribution in [3.8, 4) is 0 Å². The SMILES string of the molecule is C[C@H](O)[C@@]1(c2ccccc2)CC1CNC(=O)OC(C)(C)C. The molecule has 1 aromatic rings. The Labute approximate surface area is 126 Å². The number of aliphatic hydroxyl groups excluding tert-OH is 1. The zero-order valence-corrected chi connectivity index (χ0v) is 13.2. The summed E-state index contributed by atoms with van der Waals surface area (Å²) in [6.07, 6.45) is 0.0390. The van der Waals surface area contributed by atoms with Crippen molar-refractivity contribution in [2.45, 2.75) is 51.2 Å². The lowest BCUT2D eigenvalue weighted by atomic mass is 9.88. The first-order valence-corrected chi connectivity index (χ1v) is 7.46. The molecule has 3 atom stereocenters. The summed E-state index contributed by atoms with van der Waals surface area (Å²) in [5.74, 6) is 0.243. The van der Waals surface area contributed by atoms with Crippen molar-refractivity contribution in [1.82, 2.24) is 5.32 Å². The highest BCUT2D eigenvalue weighted by molar-refractivity contribution is 5.67. The predicted molar refractivity (Wildman–Crippen MR) is 82.1 cm³/mol. The van der Waals surface area contributed by atoms with E-state index in [1.54, 1.807) is 0 Å². The lowest BCUT2D eigenvalue weighted by molar-refractivity contribution is 0.0520. The van der Waals surface area contributed by atoms with E-state index in [1.807, 2.05) is 58.0 Å². The molecular formula is C17H25NO3. The van der Waals surface area contributed by atoms with Crippen LogP contribution in [0.1, 0.15) is 39.7 Å². The van der Waals surface area contributed by atoms with Gasteiger partial charge in [0.25, 0.3) is 0 Å². The number of hydrogen-bond donors (Lipinski definition) is 2. The molecule has 1 aromatic carbocycles. The standard InChI is InChI=1S/C17H25NO3/c1-12(19)17(13-8-6-5-7-9-13)10-14(17)11-18-15(20)21-16(2,3)4/h5-9,12,14,19H,10-11H2,1-4H3,(H,18,20)/t12-,14?,17+/m0/s1. The van der Waals surface area contributed by atoms with E-state index in [4.69, 9.17) is 4.74 Å². The number of nitrogens with one attached hydrogen (secondary N) is 1. The molecule has 21 heavy (non-hydrogen) atoms. The number of benzene rings is 1. The molecule has 1 unspecified atom stereocenters. The molecule has 4 nitrogen and oxygen atoms in total. The quantitative estimate of drug-likeness (QED) is 0.897. The van der Waals surface area contributed by atoms with Gasteiger partial charge in [-0.2, -0.15) is 0 Å². The fourth-order valence-corrected chi connectivity index (χ4v) is 2.98. The van der Waals surface area contributed by atoms with Crippen molar-refractivity contribution in [1.29, 1.82) is 0 Å². The van der Waals surface area contributed by atoms with Crippen LogP contribution in [0.25, 0.3) is 0 Å². The number of carbonyl (C=O) groups is 1. The first-order chi connectivity index (χ1) is 9.75. The third kappa shape index (κ3) is 3.56. The summed E-state index contributed by atoms with van der Waals surface area (Å²) in [6, 6.07) is 10.0. The van der Waals surface area contributed by atoms with Crippen molar-refractivity contribution >= 4 is 6.09 Å². The van der Waals surface area contributed by atoms with E-state index >= 15 is 0 Å². The molecule has 0 bridgehead atoms. The van der Waals surface area contributed by atoms with Crippen LogP contribution in [0.2, 0.25) is 0 Å². The molecule has 1 fully saturated rings. The molecule has 0 spiro atoms. The van der Waals surface area contributed by atoms with E-state index in [0.29, 0.717) is 6.54 Å². The summed E-state index contributed by atoms with van der Waals surface area (Å²) >= 11 is 0. The van der Waals surface area contributed by atoms with Gasteiger partial charge in [0.2, 0.25) is 0 Å². The van der Waals surface area contributed by atoms with Crippen molar-refractivity contribution in [2.75, 3.05) is 6.54 Å². The fourth-order valence-electron chi connectivity index (χ4n) is 2.98. The summed E-state index contributed by atoms with van der Waals surface area (Å²) < 4.78 is 5.24. The normalized spacial score (nSPS) is 26.0. The van der Waals surface area contributed by atoms with Gasteiger partial charge in [-0.05, 0) is 45.6 Å². The second-order valence-corrected chi connectivity index (χ2v) is 6.87. The predicted octanol–water partition coefficient (Wildman–Crippen LogP) is 2.85. The zero-order chi connectivity index (χ0) is 15.7. The maximum atomic E-state index is 11.7. The Morgan fingerprint density at radius 3 is 2.57 bits per heavy atom. The van der Waals surface area contributed by atoms with Gasteiger partial charge in [0.1, 0.15) is 5.60 Å². The van der Waals surface area contributed by atoms with Crippen molar-refractivity contribution in [3.05, 3.63) is 35.9 Å². The van der Waals surface area contributed by atoms with E-state index in [9.17, 15) is 9.90 Å². The number of hydrogen-bond acceptors (Lipinski definition) is 3. The average molecular weight is 291 g/mol. The van der Waals surface area contributed by atoms with Gasteiger partial charge in [-0.1, -0.05) is 30.3 Å². The first kappa shape index (κ1) is 15.8. The lowest BCUT2D eigenvalue weighted by Crippen LogP contribution is -2.35. The minimum Gasteiger partial charge on any atom is -0.444 e. The summed E-state index contributed by atoms with van der Waals surface area (Å²) in [6.45, 7) is 7.87. The molecule has 1 amide bonds. The van der Waals surface area contributed by atoms with Crippen LogP contribution in [-0.2, 0) is 10.2 Å². The van der Waals surface area contributed by atoms with Crippen LogP contribution >= 0.6 is 0 Å². The number of rotatable bonds is 4. The molecule has 0 aliphatic heterocycles. The number of aliphatic hydroxyl groups is 1. The molecule has 0 heterocycles. The van der Waals surface area contributed by atoms with E-state index < -0.39 is 17.8 Å². The minimum absolute atomic E-state index is 0.240. The summed E-state index contributed by atoms with van der Waals surface area (Å²) in [4.78, 5) is 11.7. The number of ether oxygens (including phenoxy) is 1. The molecular weight excluding hydrogens is 266 g/mol. The summed E-state index contributed by atoms with van der Waals surface area (Å²) in [5.41, 5.74) is 0.404. The molecule has 1 aliphatic carbocycles. The highest BCUT2D eigenvalue weighted by Gasteiger charge is 2.58. The molecule has 4 heteroatoms.